The maximum atomic E-state index is 11.2. The van der Waals surface area contributed by atoms with E-state index in [1.54, 1.807) is 19.9 Å². The minimum absolute atomic E-state index is 0.0874. The Morgan fingerprint density at radius 2 is 2.26 bits per heavy atom. The van der Waals surface area contributed by atoms with Crippen molar-refractivity contribution >= 4 is 34.1 Å². The molecule has 0 spiro atoms. The van der Waals surface area contributed by atoms with Crippen molar-refractivity contribution in [3.63, 3.8) is 0 Å². The summed E-state index contributed by atoms with van der Waals surface area (Å²) in [5, 5.41) is 13.9. The molecule has 0 radical (unpaired) electrons. The van der Waals surface area contributed by atoms with Gasteiger partial charge in [-0.25, -0.2) is 4.79 Å². The summed E-state index contributed by atoms with van der Waals surface area (Å²) in [6.07, 6.45) is 0. The van der Waals surface area contributed by atoms with E-state index >= 15 is 0 Å². The predicted octanol–water partition coefficient (Wildman–Crippen LogP) is 2.43. The van der Waals surface area contributed by atoms with Gasteiger partial charge in [-0.15, -0.1) is 0 Å². The molecule has 0 aliphatic carbocycles. The lowest BCUT2D eigenvalue weighted by atomic mass is 10.2. The van der Waals surface area contributed by atoms with Crippen molar-refractivity contribution in [2.75, 3.05) is 12.0 Å². The quantitative estimate of drug-likeness (QED) is 0.388. The van der Waals surface area contributed by atoms with Crippen LogP contribution in [0.5, 0.6) is 0 Å². The van der Waals surface area contributed by atoms with Crippen LogP contribution < -0.4 is 5.43 Å². The SMILES string of the molecule is CCOC(=O)/C(Cl)=N\Nc1cc([N+](=O)[O-])ccc1C. The lowest BCUT2D eigenvalue weighted by Crippen LogP contribution is -2.13. The topological polar surface area (TPSA) is 93.8 Å². The smallest absolute Gasteiger partial charge is 0.370 e. The van der Waals surface area contributed by atoms with Crippen LogP contribution in [0.4, 0.5) is 11.4 Å². The zero-order chi connectivity index (χ0) is 14.4. The average Bonchev–Trinajstić information content (AvgIpc) is 2.37. The van der Waals surface area contributed by atoms with Crippen LogP contribution >= 0.6 is 11.6 Å². The Hall–Kier alpha value is -2.15. The average molecular weight is 286 g/mol. The van der Waals surface area contributed by atoms with Gasteiger partial charge < -0.3 is 4.74 Å². The van der Waals surface area contributed by atoms with Gasteiger partial charge in [-0.1, -0.05) is 17.7 Å². The Bertz CT molecular complexity index is 531. The molecular weight excluding hydrogens is 274 g/mol. The van der Waals surface area contributed by atoms with Crippen LogP contribution in [0.2, 0.25) is 0 Å². The third kappa shape index (κ3) is 4.22. The van der Waals surface area contributed by atoms with Crippen LogP contribution in [-0.4, -0.2) is 22.7 Å². The minimum Gasteiger partial charge on any atom is -0.461 e. The van der Waals surface area contributed by atoms with Crippen molar-refractivity contribution in [1.82, 2.24) is 0 Å². The van der Waals surface area contributed by atoms with Crippen molar-refractivity contribution in [3.05, 3.63) is 33.9 Å². The lowest BCUT2D eigenvalue weighted by molar-refractivity contribution is -0.384. The molecule has 0 fully saturated rings. The highest BCUT2D eigenvalue weighted by Gasteiger charge is 2.11. The minimum atomic E-state index is -0.764. The first kappa shape index (κ1) is 14.9. The van der Waals surface area contributed by atoms with Gasteiger partial charge in [0.2, 0.25) is 5.17 Å². The molecule has 102 valence electrons. The van der Waals surface area contributed by atoms with E-state index in [9.17, 15) is 14.9 Å². The fraction of sp³-hybridized carbons (Fsp3) is 0.273. The molecule has 0 saturated heterocycles. The molecule has 0 heterocycles. The summed E-state index contributed by atoms with van der Waals surface area (Å²) in [5.41, 5.74) is 3.52. The van der Waals surface area contributed by atoms with Crippen molar-refractivity contribution in [3.8, 4) is 0 Å². The van der Waals surface area contributed by atoms with E-state index in [0.717, 1.165) is 5.56 Å². The molecule has 8 heteroatoms. The van der Waals surface area contributed by atoms with Crippen LogP contribution in [0.3, 0.4) is 0 Å². The number of hydrogen-bond acceptors (Lipinski definition) is 6. The van der Waals surface area contributed by atoms with Gasteiger partial charge in [0, 0.05) is 12.1 Å². The zero-order valence-electron chi connectivity index (χ0n) is 10.3. The summed E-state index contributed by atoms with van der Waals surface area (Å²) < 4.78 is 4.63. The van der Waals surface area contributed by atoms with Crippen molar-refractivity contribution in [1.29, 1.82) is 0 Å². The zero-order valence-corrected chi connectivity index (χ0v) is 11.1. The number of hydrazone groups is 1. The molecule has 7 nitrogen and oxygen atoms in total. The first-order valence-electron chi connectivity index (χ1n) is 5.37. The monoisotopic (exact) mass is 285 g/mol. The first-order chi connectivity index (χ1) is 8.95. The number of halogens is 1. The number of rotatable bonds is 5. The second-order valence-corrected chi connectivity index (χ2v) is 3.85. The standard InChI is InChI=1S/C11H12ClN3O4/c1-3-19-11(16)10(12)14-13-9-6-8(15(17)18)5-4-7(9)2/h4-6,13H,3H2,1-2H3/b14-10+. The number of aryl methyl sites for hydroxylation is 1. The predicted molar refractivity (Wildman–Crippen MR) is 71.4 cm³/mol. The number of nitrogens with zero attached hydrogens (tertiary/aromatic N) is 2. The van der Waals surface area contributed by atoms with E-state index in [4.69, 9.17) is 11.6 Å². The number of benzene rings is 1. The number of nitro groups is 1. The number of anilines is 1. The Balaban J connectivity index is 2.87. The second kappa shape index (κ2) is 6.69. The lowest BCUT2D eigenvalue weighted by Gasteiger charge is -2.05. The van der Waals surface area contributed by atoms with E-state index in [1.807, 2.05) is 0 Å². The first-order valence-corrected chi connectivity index (χ1v) is 5.74. The van der Waals surface area contributed by atoms with Crippen molar-refractivity contribution < 1.29 is 14.5 Å². The number of hydrogen-bond donors (Lipinski definition) is 1. The van der Waals surface area contributed by atoms with Crippen LogP contribution in [0, 0.1) is 17.0 Å². The van der Waals surface area contributed by atoms with E-state index in [-0.39, 0.29) is 17.5 Å². The van der Waals surface area contributed by atoms with Gasteiger partial charge in [0.15, 0.2) is 0 Å². The van der Waals surface area contributed by atoms with Gasteiger partial charge in [-0.3, -0.25) is 15.5 Å². The molecule has 0 aromatic heterocycles. The number of carbonyl (C=O) groups excluding carboxylic acids is 1. The maximum absolute atomic E-state index is 11.2. The summed E-state index contributed by atoms with van der Waals surface area (Å²) in [6, 6.07) is 4.24. The Labute approximate surface area is 114 Å². The Morgan fingerprint density at radius 3 is 2.84 bits per heavy atom. The highest BCUT2D eigenvalue weighted by Crippen LogP contribution is 2.21. The fourth-order valence-electron chi connectivity index (χ4n) is 1.19. The third-order valence-electron chi connectivity index (χ3n) is 2.15. The third-order valence-corrected chi connectivity index (χ3v) is 2.39. The summed E-state index contributed by atoms with van der Waals surface area (Å²) >= 11 is 5.59. The molecule has 0 aliphatic heterocycles. The molecule has 0 bridgehead atoms. The van der Waals surface area contributed by atoms with E-state index in [0.29, 0.717) is 5.69 Å². The van der Waals surface area contributed by atoms with E-state index in [1.165, 1.54) is 12.1 Å². The van der Waals surface area contributed by atoms with Gasteiger partial charge in [0.1, 0.15) is 0 Å². The van der Waals surface area contributed by atoms with E-state index in [2.05, 4.69) is 15.3 Å². The molecule has 0 unspecified atom stereocenters. The van der Waals surface area contributed by atoms with Crippen molar-refractivity contribution in [2.24, 2.45) is 5.10 Å². The molecule has 0 aliphatic rings. The molecule has 1 aromatic carbocycles. The molecular formula is C11H12ClN3O4. The molecule has 0 atom stereocenters. The van der Waals surface area contributed by atoms with Crippen LogP contribution in [0.25, 0.3) is 0 Å². The fourth-order valence-corrected chi connectivity index (χ4v) is 1.29. The normalized spacial score (nSPS) is 11.0. The summed E-state index contributed by atoms with van der Waals surface area (Å²) in [4.78, 5) is 21.3. The van der Waals surface area contributed by atoms with Gasteiger partial charge in [0.25, 0.3) is 5.69 Å². The Morgan fingerprint density at radius 1 is 1.58 bits per heavy atom. The number of non-ortho nitro benzene ring substituents is 1. The number of esters is 1. The number of carbonyl (C=O) groups is 1. The van der Waals surface area contributed by atoms with Gasteiger partial charge in [0.05, 0.1) is 17.2 Å². The summed E-state index contributed by atoms with van der Waals surface area (Å²) in [7, 11) is 0. The number of nitro benzene ring substituents is 1. The second-order valence-electron chi connectivity index (χ2n) is 3.49. The van der Waals surface area contributed by atoms with Gasteiger partial charge in [-0.05, 0) is 19.4 Å². The van der Waals surface area contributed by atoms with Crippen molar-refractivity contribution in [2.45, 2.75) is 13.8 Å². The highest BCUT2D eigenvalue weighted by atomic mass is 35.5. The van der Waals surface area contributed by atoms with Gasteiger partial charge in [-0.2, -0.15) is 5.10 Å². The number of ether oxygens (including phenoxy) is 1. The van der Waals surface area contributed by atoms with Crippen LogP contribution in [-0.2, 0) is 9.53 Å². The Kier molecular flexibility index (Phi) is 5.25. The van der Waals surface area contributed by atoms with Crippen LogP contribution in [0.15, 0.2) is 23.3 Å². The summed E-state index contributed by atoms with van der Waals surface area (Å²) in [5.74, 6) is -0.764. The van der Waals surface area contributed by atoms with E-state index < -0.39 is 10.9 Å². The number of nitrogens with one attached hydrogen (secondary N) is 1. The van der Waals surface area contributed by atoms with Crippen LogP contribution in [0.1, 0.15) is 12.5 Å². The molecule has 19 heavy (non-hydrogen) atoms. The summed E-state index contributed by atoms with van der Waals surface area (Å²) in [6.45, 7) is 3.56. The molecule has 1 rings (SSSR count). The largest absolute Gasteiger partial charge is 0.461 e. The molecule has 0 amide bonds. The highest BCUT2D eigenvalue weighted by molar-refractivity contribution is 6.82. The molecule has 0 saturated carbocycles. The maximum Gasteiger partial charge on any atom is 0.370 e. The molecule has 1 aromatic rings. The van der Waals surface area contributed by atoms with Gasteiger partial charge >= 0.3 is 5.97 Å². The molecule has 1 N–H and O–H groups in total.